The molecule has 0 spiro atoms. The van der Waals surface area contributed by atoms with Crippen LogP contribution >= 0.6 is 0 Å². The van der Waals surface area contributed by atoms with Crippen molar-refractivity contribution < 1.29 is 14.3 Å². The normalized spacial score (nSPS) is 14.7. The Morgan fingerprint density at radius 3 is 2.14 bits per heavy atom. The van der Waals surface area contributed by atoms with Crippen molar-refractivity contribution in [2.75, 3.05) is 6.61 Å². The molecule has 0 aliphatic carbocycles. The Bertz CT molecular complexity index is 915. The Morgan fingerprint density at radius 2 is 1.49 bits per heavy atom. The van der Waals surface area contributed by atoms with Crippen molar-refractivity contribution in [3.05, 3.63) is 58.9 Å². The van der Waals surface area contributed by atoms with Crippen molar-refractivity contribution in [2.24, 2.45) is 0 Å². The van der Waals surface area contributed by atoms with E-state index in [9.17, 15) is 9.59 Å². The molecule has 1 aliphatic rings. The van der Waals surface area contributed by atoms with Crippen LogP contribution in [0.4, 0.5) is 0 Å². The van der Waals surface area contributed by atoms with Crippen LogP contribution in [0.25, 0.3) is 0 Å². The zero-order chi connectivity index (χ0) is 24.9. The first-order chi connectivity index (χ1) is 17.2. The summed E-state index contributed by atoms with van der Waals surface area (Å²) in [7, 11) is 0. The highest BCUT2D eigenvalue weighted by molar-refractivity contribution is 6.09. The molecule has 0 bridgehead atoms. The average Bonchev–Trinajstić information content (AvgIpc) is 3.45. The quantitative estimate of drug-likeness (QED) is 0.131. The topological polar surface area (TPSA) is 48.3 Å². The van der Waals surface area contributed by atoms with Crippen molar-refractivity contribution in [1.82, 2.24) is 4.57 Å². The molecule has 4 nitrogen and oxygen atoms in total. The maximum Gasteiger partial charge on any atom is 0.315 e. The molecule has 0 saturated carbocycles. The molecule has 1 atom stereocenters. The maximum atomic E-state index is 13.4. The molecule has 35 heavy (non-hydrogen) atoms. The molecule has 0 N–H and O–H groups in total. The lowest BCUT2D eigenvalue weighted by molar-refractivity contribution is -0.145. The van der Waals surface area contributed by atoms with Crippen molar-refractivity contribution in [3.63, 3.8) is 0 Å². The smallest absolute Gasteiger partial charge is 0.315 e. The molecular weight excluding hydrogens is 434 g/mol. The minimum atomic E-state index is -0.254. The minimum Gasteiger partial charge on any atom is -0.465 e. The summed E-state index contributed by atoms with van der Waals surface area (Å²) in [6.45, 7) is 5.63. The minimum absolute atomic E-state index is 0.0577. The second-order valence-corrected chi connectivity index (χ2v) is 10.1. The molecule has 0 radical (unpaired) electrons. The number of carbonyl (C=O) groups is 2. The number of aromatic nitrogens is 1. The SMILES string of the molecule is CCCCCCCCCCCCOC(=O)C1CCn2c1cc(CCCC)c2C(=O)c1ccccc1. The summed E-state index contributed by atoms with van der Waals surface area (Å²) in [6.07, 6.45) is 16.4. The number of carbonyl (C=O) groups excluding carboxylic acids is 2. The summed E-state index contributed by atoms with van der Waals surface area (Å²) < 4.78 is 7.78. The molecule has 192 valence electrons. The van der Waals surface area contributed by atoms with E-state index in [2.05, 4.69) is 24.5 Å². The van der Waals surface area contributed by atoms with Gasteiger partial charge in [0, 0.05) is 17.8 Å². The fraction of sp³-hybridized carbons (Fsp3) is 0.613. The van der Waals surface area contributed by atoms with Crippen LogP contribution in [0.5, 0.6) is 0 Å². The van der Waals surface area contributed by atoms with Gasteiger partial charge in [0.25, 0.3) is 0 Å². The first-order valence-corrected chi connectivity index (χ1v) is 14.2. The third-order valence-corrected chi connectivity index (χ3v) is 7.28. The van der Waals surface area contributed by atoms with Crippen LogP contribution in [-0.2, 0) is 22.5 Å². The van der Waals surface area contributed by atoms with Crippen molar-refractivity contribution in [3.8, 4) is 0 Å². The van der Waals surface area contributed by atoms with E-state index >= 15 is 0 Å². The largest absolute Gasteiger partial charge is 0.465 e. The number of ketones is 1. The first-order valence-electron chi connectivity index (χ1n) is 14.2. The molecule has 0 saturated heterocycles. The van der Waals surface area contributed by atoms with Gasteiger partial charge >= 0.3 is 5.97 Å². The maximum absolute atomic E-state index is 13.4. The van der Waals surface area contributed by atoms with Gasteiger partial charge in [-0.25, -0.2) is 0 Å². The van der Waals surface area contributed by atoms with E-state index in [4.69, 9.17) is 4.74 Å². The number of ether oxygens (including phenoxy) is 1. The van der Waals surface area contributed by atoms with E-state index in [1.54, 1.807) is 0 Å². The zero-order valence-corrected chi connectivity index (χ0v) is 22.0. The van der Waals surface area contributed by atoms with Crippen molar-refractivity contribution >= 4 is 11.8 Å². The standard InChI is InChI=1S/C31H45NO3/c1-3-5-7-8-9-10-11-12-13-17-23-35-31(34)27-21-22-32-28(27)24-26(18-6-4-2)29(32)30(33)25-19-15-14-16-20-25/h14-16,19-20,24,27H,3-13,17-18,21-23H2,1-2H3. The lowest BCUT2D eigenvalue weighted by atomic mass is 9.99. The number of benzene rings is 1. The van der Waals surface area contributed by atoms with Gasteiger partial charge in [-0.15, -0.1) is 0 Å². The van der Waals surface area contributed by atoms with Gasteiger partial charge in [-0.2, -0.15) is 0 Å². The molecular formula is C31H45NO3. The fourth-order valence-electron chi connectivity index (χ4n) is 5.22. The van der Waals surface area contributed by atoms with Gasteiger partial charge in [-0.1, -0.05) is 108 Å². The first kappa shape index (κ1) is 27.2. The lowest BCUT2D eigenvalue weighted by Crippen LogP contribution is -2.14. The second kappa shape index (κ2) is 14.9. The third-order valence-electron chi connectivity index (χ3n) is 7.28. The predicted octanol–water partition coefficient (Wildman–Crippen LogP) is 8.01. The fourth-order valence-corrected chi connectivity index (χ4v) is 5.22. The van der Waals surface area contributed by atoms with Gasteiger partial charge in [0.2, 0.25) is 5.78 Å². The third kappa shape index (κ3) is 7.81. The number of aryl methyl sites for hydroxylation is 1. The van der Waals surface area contributed by atoms with Crippen molar-refractivity contribution in [1.29, 1.82) is 0 Å². The van der Waals surface area contributed by atoms with Gasteiger partial charge in [0.1, 0.15) is 0 Å². The molecule has 1 aliphatic heterocycles. The monoisotopic (exact) mass is 479 g/mol. The zero-order valence-electron chi connectivity index (χ0n) is 22.0. The van der Waals surface area contributed by atoms with Crippen LogP contribution in [-0.4, -0.2) is 22.9 Å². The van der Waals surface area contributed by atoms with Gasteiger partial charge in [0.05, 0.1) is 18.2 Å². The Kier molecular flexibility index (Phi) is 11.6. The molecule has 0 fully saturated rings. The van der Waals surface area contributed by atoms with E-state index in [1.165, 1.54) is 51.4 Å². The van der Waals surface area contributed by atoms with Gasteiger partial charge in [0.15, 0.2) is 0 Å². The molecule has 2 heterocycles. The summed E-state index contributed by atoms with van der Waals surface area (Å²) in [5, 5.41) is 0. The Balaban J connectivity index is 1.50. The number of rotatable bonds is 17. The Labute approximate surface area is 212 Å². The average molecular weight is 480 g/mol. The summed E-state index contributed by atoms with van der Waals surface area (Å²) in [5.41, 5.74) is 3.51. The van der Waals surface area contributed by atoms with Crippen LogP contribution in [0.15, 0.2) is 36.4 Å². The Hall–Kier alpha value is -2.36. The van der Waals surface area contributed by atoms with Gasteiger partial charge in [-0.3, -0.25) is 9.59 Å². The number of fused-ring (bicyclic) bond motifs is 1. The molecule has 3 rings (SSSR count). The second-order valence-electron chi connectivity index (χ2n) is 10.1. The molecule has 0 amide bonds. The summed E-state index contributed by atoms with van der Waals surface area (Å²) in [4.78, 5) is 26.3. The molecule has 4 heteroatoms. The number of unbranched alkanes of at least 4 members (excludes halogenated alkanes) is 10. The van der Waals surface area contributed by atoms with E-state index in [1.807, 2.05) is 30.3 Å². The summed E-state index contributed by atoms with van der Waals surface area (Å²) in [6, 6.07) is 11.6. The van der Waals surface area contributed by atoms with Crippen LogP contribution in [0.3, 0.4) is 0 Å². The lowest BCUT2D eigenvalue weighted by Gasteiger charge is -2.10. The molecule has 2 aromatic rings. The predicted molar refractivity (Wildman–Crippen MR) is 143 cm³/mol. The van der Waals surface area contributed by atoms with E-state index < -0.39 is 0 Å². The molecule has 1 aromatic heterocycles. The summed E-state index contributed by atoms with van der Waals surface area (Å²) in [5.74, 6) is -0.323. The van der Waals surface area contributed by atoms with E-state index in [0.29, 0.717) is 18.7 Å². The highest BCUT2D eigenvalue weighted by Gasteiger charge is 2.35. The van der Waals surface area contributed by atoms with Crippen molar-refractivity contribution in [2.45, 2.75) is 116 Å². The van der Waals surface area contributed by atoms with Crippen LogP contribution < -0.4 is 0 Å². The van der Waals surface area contributed by atoms with Gasteiger partial charge in [-0.05, 0) is 37.3 Å². The number of nitrogens with zero attached hydrogens (tertiary/aromatic N) is 1. The van der Waals surface area contributed by atoms with Crippen LogP contribution in [0.1, 0.15) is 131 Å². The van der Waals surface area contributed by atoms with Gasteiger partial charge < -0.3 is 9.30 Å². The van der Waals surface area contributed by atoms with E-state index in [-0.39, 0.29) is 17.7 Å². The highest BCUT2D eigenvalue weighted by atomic mass is 16.5. The summed E-state index contributed by atoms with van der Waals surface area (Å²) >= 11 is 0. The Morgan fingerprint density at radius 1 is 0.857 bits per heavy atom. The van der Waals surface area contributed by atoms with Crippen LogP contribution in [0, 0.1) is 0 Å². The number of hydrogen-bond donors (Lipinski definition) is 0. The number of hydrogen-bond acceptors (Lipinski definition) is 3. The molecule has 1 unspecified atom stereocenters. The molecule has 1 aromatic carbocycles. The van der Waals surface area contributed by atoms with E-state index in [0.717, 1.165) is 55.5 Å². The van der Waals surface area contributed by atoms with Crippen LogP contribution in [0.2, 0.25) is 0 Å². The number of esters is 1. The highest BCUT2D eigenvalue weighted by Crippen LogP contribution is 2.35.